The van der Waals surface area contributed by atoms with E-state index in [1.54, 1.807) is 36.4 Å². The Morgan fingerprint density at radius 2 is 1.54 bits per heavy atom. The fourth-order valence-electron chi connectivity index (χ4n) is 4.56. The van der Waals surface area contributed by atoms with E-state index in [0.29, 0.717) is 23.4 Å². The van der Waals surface area contributed by atoms with E-state index in [0.717, 1.165) is 14.8 Å². The summed E-state index contributed by atoms with van der Waals surface area (Å²) in [6.45, 7) is 3.33. The largest absolute Gasteiger partial charge is 0.480 e. The number of hydrogen-bond donors (Lipinski definition) is 3. The van der Waals surface area contributed by atoms with Gasteiger partial charge in [-0.3, -0.25) is 9.69 Å². The number of nitriles is 1. The summed E-state index contributed by atoms with van der Waals surface area (Å²) in [4.78, 5) is 39.3. The third-order valence-corrected chi connectivity index (χ3v) is 8.70. The molecule has 2 atom stereocenters. The second-order valence-corrected chi connectivity index (χ2v) is 11.5. The van der Waals surface area contributed by atoms with Crippen LogP contribution in [0.15, 0.2) is 77.7 Å². The topological polar surface area (TPSA) is 160 Å². The predicted octanol–water partition coefficient (Wildman–Crippen LogP) is 4.17. The molecule has 0 aliphatic carbocycles. The van der Waals surface area contributed by atoms with Gasteiger partial charge in [0.1, 0.15) is 12.1 Å². The maximum absolute atomic E-state index is 13.8. The molecule has 0 unspecified atom stereocenters. The van der Waals surface area contributed by atoms with Crippen LogP contribution in [-0.2, 0) is 19.6 Å². The van der Waals surface area contributed by atoms with Crippen molar-refractivity contribution < 1.29 is 27.9 Å². The Kier molecular flexibility index (Phi) is 8.71. The van der Waals surface area contributed by atoms with Gasteiger partial charge in [0.2, 0.25) is 15.9 Å². The van der Waals surface area contributed by atoms with E-state index >= 15 is 0 Å². The van der Waals surface area contributed by atoms with Crippen molar-refractivity contribution in [3.8, 4) is 6.07 Å². The Balaban J connectivity index is 1.54. The van der Waals surface area contributed by atoms with Gasteiger partial charge in [-0.05, 0) is 87.4 Å². The molecule has 0 spiro atoms. The first kappa shape index (κ1) is 29.3. The number of nitrogens with zero attached hydrogens (tertiary/aromatic N) is 3. The van der Waals surface area contributed by atoms with Gasteiger partial charge in [-0.1, -0.05) is 17.7 Å². The Labute approximate surface area is 238 Å². The van der Waals surface area contributed by atoms with E-state index in [9.17, 15) is 27.9 Å². The van der Waals surface area contributed by atoms with Gasteiger partial charge in [0.25, 0.3) is 0 Å². The van der Waals surface area contributed by atoms with Crippen LogP contribution in [0.1, 0.15) is 30.9 Å². The Morgan fingerprint density at radius 3 is 2.07 bits per heavy atom. The summed E-state index contributed by atoms with van der Waals surface area (Å²) in [7, 11) is -3.99. The fraction of sp³-hybridized carbons (Fsp3) is 0.241. The molecule has 1 saturated heterocycles. The molecule has 0 radical (unpaired) electrons. The molecule has 3 aromatic rings. The minimum atomic E-state index is -3.99. The molecule has 3 aromatic carbocycles. The van der Waals surface area contributed by atoms with Gasteiger partial charge in [-0.25, -0.2) is 18.0 Å². The molecule has 0 saturated carbocycles. The molecule has 4 rings (SSSR count). The molecule has 0 bridgehead atoms. The molecule has 0 aromatic heterocycles. The fourth-order valence-corrected chi connectivity index (χ4v) is 6.21. The maximum atomic E-state index is 13.8. The lowest BCUT2D eigenvalue weighted by atomic mass is 10.1. The summed E-state index contributed by atoms with van der Waals surface area (Å²) in [5.74, 6) is -1.90. The highest BCUT2D eigenvalue weighted by atomic mass is 32.2. The van der Waals surface area contributed by atoms with E-state index in [1.165, 1.54) is 43.3 Å². The van der Waals surface area contributed by atoms with Crippen molar-refractivity contribution in [3.05, 3.63) is 83.9 Å². The summed E-state index contributed by atoms with van der Waals surface area (Å²) in [5, 5.41) is 24.0. The van der Waals surface area contributed by atoms with Crippen LogP contribution in [-0.4, -0.2) is 54.4 Å². The Hall–Kier alpha value is -4.73. The maximum Gasteiger partial charge on any atom is 0.326 e. The summed E-state index contributed by atoms with van der Waals surface area (Å²) in [6, 6.07) is 17.7. The van der Waals surface area contributed by atoms with Crippen LogP contribution < -0.4 is 15.5 Å². The number of carboxylic acid groups (broad SMARTS) is 1. The zero-order valence-corrected chi connectivity index (χ0v) is 23.3. The van der Waals surface area contributed by atoms with Gasteiger partial charge in [0.15, 0.2) is 0 Å². The molecule has 3 N–H and O–H groups in total. The highest BCUT2D eigenvalue weighted by Crippen LogP contribution is 2.30. The molecule has 41 heavy (non-hydrogen) atoms. The van der Waals surface area contributed by atoms with E-state index in [4.69, 9.17) is 5.26 Å². The van der Waals surface area contributed by atoms with Gasteiger partial charge in [-0.15, -0.1) is 0 Å². The molecular formula is C29H29N5O6S. The number of aryl methyl sites for hydroxylation is 1. The molecule has 11 nitrogen and oxygen atoms in total. The Bertz CT molecular complexity index is 1580. The molecule has 12 heteroatoms. The van der Waals surface area contributed by atoms with E-state index in [1.807, 2.05) is 13.0 Å². The smallest absolute Gasteiger partial charge is 0.326 e. The van der Waals surface area contributed by atoms with Crippen LogP contribution in [0.25, 0.3) is 0 Å². The number of carbonyl (C=O) groups is 3. The van der Waals surface area contributed by atoms with Crippen molar-refractivity contribution in [3.63, 3.8) is 0 Å². The molecule has 3 amide bonds. The third kappa shape index (κ3) is 6.54. The predicted molar refractivity (Wildman–Crippen MR) is 153 cm³/mol. The van der Waals surface area contributed by atoms with Gasteiger partial charge >= 0.3 is 12.0 Å². The SMILES string of the molecule is Cc1ccc(S(=O)(=O)N2CCC[C@H]2C(=O)N(c2ccc(NC(=O)Nc3ccc(C#N)cc3)cc2)[C@@H](C)C(=O)O)cc1. The number of urea groups is 1. The second kappa shape index (κ2) is 12.2. The average Bonchev–Trinajstić information content (AvgIpc) is 3.46. The lowest BCUT2D eigenvalue weighted by molar-refractivity contribution is -0.140. The normalized spacial score (nSPS) is 15.9. The molecule has 1 aliphatic heterocycles. The number of nitrogens with one attached hydrogen (secondary N) is 2. The van der Waals surface area contributed by atoms with Crippen LogP contribution >= 0.6 is 0 Å². The molecule has 1 fully saturated rings. The van der Waals surface area contributed by atoms with Crippen molar-refractivity contribution in [2.24, 2.45) is 0 Å². The molecule has 1 aliphatic rings. The van der Waals surface area contributed by atoms with Crippen molar-refractivity contribution in [1.29, 1.82) is 5.26 Å². The van der Waals surface area contributed by atoms with Gasteiger partial charge in [0, 0.05) is 23.6 Å². The number of aliphatic carboxylic acids is 1. The van der Waals surface area contributed by atoms with Gasteiger partial charge in [0.05, 0.1) is 16.5 Å². The van der Waals surface area contributed by atoms with Crippen LogP contribution in [0.4, 0.5) is 21.9 Å². The van der Waals surface area contributed by atoms with E-state index < -0.39 is 40.0 Å². The molecule has 1 heterocycles. The zero-order valence-electron chi connectivity index (χ0n) is 22.4. The first-order chi connectivity index (χ1) is 19.5. The molecule has 212 valence electrons. The number of carboxylic acids is 1. The first-order valence-corrected chi connectivity index (χ1v) is 14.3. The summed E-state index contributed by atoms with van der Waals surface area (Å²) in [6.07, 6.45) is 0.704. The lowest BCUT2D eigenvalue weighted by Crippen LogP contribution is -2.52. The van der Waals surface area contributed by atoms with Crippen LogP contribution in [0, 0.1) is 18.3 Å². The monoisotopic (exact) mass is 575 g/mol. The van der Waals surface area contributed by atoms with Crippen LogP contribution in [0.5, 0.6) is 0 Å². The minimum absolute atomic E-state index is 0.0651. The number of benzene rings is 3. The summed E-state index contributed by atoms with van der Waals surface area (Å²) < 4.78 is 28.0. The summed E-state index contributed by atoms with van der Waals surface area (Å²) >= 11 is 0. The van der Waals surface area contributed by atoms with Gasteiger partial charge < -0.3 is 15.7 Å². The van der Waals surface area contributed by atoms with Crippen LogP contribution in [0.3, 0.4) is 0 Å². The molecular weight excluding hydrogens is 546 g/mol. The zero-order chi connectivity index (χ0) is 29.7. The van der Waals surface area contributed by atoms with Crippen molar-refractivity contribution in [2.75, 3.05) is 22.1 Å². The van der Waals surface area contributed by atoms with Crippen molar-refractivity contribution in [2.45, 2.75) is 43.7 Å². The minimum Gasteiger partial charge on any atom is -0.480 e. The van der Waals surface area contributed by atoms with Crippen molar-refractivity contribution >= 4 is 45.0 Å². The first-order valence-electron chi connectivity index (χ1n) is 12.8. The van der Waals surface area contributed by atoms with Crippen molar-refractivity contribution in [1.82, 2.24) is 4.31 Å². The summed E-state index contributed by atoms with van der Waals surface area (Å²) in [5.41, 5.74) is 2.44. The average molecular weight is 576 g/mol. The van der Waals surface area contributed by atoms with E-state index in [-0.39, 0.29) is 23.5 Å². The number of sulfonamides is 1. The third-order valence-electron chi connectivity index (χ3n) is 6.77. The number of anilines is 3. The van der Waals surface area contributed by atoms with E-state index in [2.05, 4.69) is 10.6 Å². The lowest BCUT2D eigenvalue weighted by Gasteiger charge is -2.32. The van der Waals surface area contributed by atoms with Crippen LogP contribution in [0.2, 0.25) is 0 Å². The number of carbonyl (C=O) groups excluding carboxylic acids is 2. The van der Waals surface area contributed by atoms with Gasteiger partial charge in [-0.2, -0.15) is 9.57 Å². The second-order valence-electron chi connectivity index (χ2n) is 9.62. The Morgan fingerprint density at radius 1 is 0.976 bits per heavy atom. The number of amides is 3. The number of rotatable bonds is 8. The standard InChI is InChI=1S/C29H29N5O6S/c1-19-5-15-25(16-6-19)41(39,40)33-17-3-4-26(33)27(35)34(20(2)28(36)37)24-13-11-23(12-14-24)32-29(38)31-22-9-7-21(18-30)8-10-22/h5-16,20,26H,3-4,17H2,1-2H3,(H,36,37)(H2,31,32,38)/t20-,26-/m0/s1. The quantitative estimate of drug-likeness (QED) is 0.363. The number of hydrogen-bond acceptors (Lipinski definition) is 6. The highest BCUT2D eigenvalue weighted by Gasteiger charge is 2.43. The highest BCUT2D eigenvalue weighted by molar-refractivity contribution is 7.89.